The van der Waals surface area contributed by atoms with Crippen LogP contribution in [0.4, 0.5) is 11.6 Å². The standard InChI is InChI=1S/C19H32N6O2/c1-22(2)12-18(27)25-8-5-7-19(14-25)13-24(9-6-15(19)26)17-11-20-10-16(21-17)23(3)4/h10-11,15,26H,5-9,12-14H2,1-4H3/t15-,19-/m1/s1. The van der Waals surface area contributed by atoms with Crippen LogP contribution >= 0.6 is 0 Å². The van der Waals surface area contributed by atoms with E-state index >= 15 is 0 Å². The minimum Gasteiger partial charge on any atom is -0.392 e. The highest BCUT2D eigenvalue weighted by molar-refractivity contribution is 5.78. The lowest BCUT2D eigenvalue weighted by Gasteiger charge is -2.51. The summed E-state index contributed by atoms with van der Waals surface area (Å²) in [4.78, 5) is 29.6. The van der Waals surface area contributed by atoms with Gasteiger partial charge in [0, 0.05) is 45.7 Å². The molecule has 3 heterocycles. The predicted molar refractivity (Wildman–Crippen MR) is 106 cm³/mol. The molecule has 2 aliphatic rings. The molecular weight excluding hydrogens is 344 g/mol. The number of amides is 1. The van der Waals surface area contributed by atoms with E-state index < -0.39 is 6.10 Å². The average molecular weight is 377 g/mol. The Morgan fingerprint density at radius 3 is 2.74 bits per heavy atom. The third-order valence-corrected chi connectivity index (χ3v) is 5.69. The summed E-state index contributed by atoms with van der Waals surface area (Å²) in [6.45, 7) is 3.24. The fourth-order valence-electron chi connectivity index (χ4n) is 4.20. The molecule has 150 valence electrons. The lowest BCUT2D eigenvalue weighted by atomic mass is 9.71. The Hall–Kier alpha value is -1.93. The number of carbonyl (C=O) groups is 1. The topological polar surface area (TPSA) is 76.0 Å². The summed E-state index contributed by atoms with van der Waals surface area (Å²) in [6.07, 6.45) is 5.68. The van der Waals surface area contributed by atoms with Crippen molar-refractivity contribution in [2.75, 3.05) is 70.7 Å². The average Bonchev–Trinajstić information content (AvgIpc) is 2.64. The second-order valence-corrected chi connectivity index (χ2v) is 8.37. The second-order valence-electron chi connectivity index (χ2n) is 8.37. The fourth-order valence-corrected chi connectivity index (χ4v) is 4.20. The summed E-state index contributed by atoms with van der Waals surface area (Å²) >= 11 is 0. The van der Waals surface area contributed by atoms with Crippen molar-refractivity contribution in [2.24, 2.45) is 5.41 Å². The second kappa shape index (κ2) is 7.98. The van der Waals surface area contributed by atoms with E-state index in [0.29, 0.717) is 26.1 Å². The molecule has 8 nitrogen and oxygen atoms in total. The fraction of sp³-hybridized carbons (Fsp3) is 0.737. The van der Waals surface area contributed by atoms with Gasteiger partial charge < -0.3 is 24.7 Å². The molecule has 2 atom stereocenters. The number of rotatable bonds is 4. The van der Waals surface area contributed by atoms with Gasteiger partial charge >= 0.3 is 0 Å². The maximum Gasteiger partial charge on any atom is 0.236 e. The highest BCUT2D eigenvalue weighted by Crippen LogP contribution is 2.40. The summed E-state index contributed by atoms with van der Waals surface area (Å²) in [5.41, 5.74) is -0.297. The van der Waals surface area contributed by atoms with E-state index in [0.717, 1.165) is 37.6 Å². The molecule has 27 heavy (non-hydrogen) atoms. The minimum atomic E-state index is -0.395. The summed E-state index contributed by atoms with van der Waals surface area (Å²) in [7, 11) is 7.71. The first-order valence-corrected chi connectivity index (χ1v) is 9.66. The molecule has 0 radical (unpaired) electrons. The Morgan fingerprint density at radius 1 is 1.26 bits per heavy atom. The van der Waals surface area contributed by atoms with Gasteiger partial charge in [0.25, 0.3) is 0 Å². The molecule has 8 heteroatoms. The van der Waals surface area contributed by atoms with Gasteiger partial charge in [-0.2, -0.15) is 0 Å². The molecule has 1 aromatic rings. The minimum absolute atomic E-state index is 0.137. The number of aromatic nitrogens is 2. The first-order valence-electron chi connectivity index (χ1n) is 9.66. The van der Waals surface area contributed by atoms with Crippen LogP contribution in [0.1, 0.15) is 19.3 Å². The Labute approximate surface area is 161 Å². The van der Waals surface area contributed by atoms with Crippen LogP contribution in [0.2, 0.25) is 0 Å². The van der Waals surface area contributed by atoms with Crippen molar-refractivity contribution in [3.05, 3.63) is 12.4 Å². The lowest BCUT2D eigenvalue weighted by molar-refractivity contribution is -0.138. The van der Waals surface area contributed by atoms with E-state index in [1.54, 1.807) is 12.4 Å². The van der Waals surface area contributed by atoms with Crippen molar-refractivity contribution in [1.29, 1.82) is 0 Å². The van der Waals surface area contributed by atoms with E-state index in [9.17, 15) is 9.90 Å². The van der Waals surface area contributed by atoms with E-state index in [-0.39, 0.29) is 11.3 Å². The van der Waals surface area contributed by atoms with Gasteiger partial charge in [0.05, 0.1) is 25.0 Å². The van der Waals surface area contributed by atoms with Crippen LogP contribution in [0, 0.1) is 5.41 Å². The van der Waals surface area contributed by atoms with Crippen molar-refractivity contribution in [3.63, 3.8) is 0 Å². The van der Waals surface area contributed by atoms with E-state index in [1.165, 1.54) is 0 Å². The van der Waals surface area contributed by atoms with Crippen LogP contribution < -0.4 is 9.80 Å². The molecule has 2 saturated heterocycles. The maximum atomic E-state index is 12.6. The molecule has 1 spiro atoms. The largest absolute Gasteiger partial charge is 0.392 e. The molecule has 1 amide bonds. The predicted octanol–water partition coefficient (Wildman–Crippen LogP) is 0.284. The summed E-state index contributed by atoms with van der Waals surface area (Å²) in [5, 5.41) is 10.9. The zero-order valence-electron chi connectivity index (χ0n) is 16.9. The SMILES string of the molecule is CN(C)CC(=O)N1CCC[C@]2(C1)CN(c1cncc(N(C)C)n1)CC[C@H]2O. The molecular formula is C19H32N6O2. The molecule has 2 aliphatic heterocycles. The molecule has 3 rings (SSSR count). The van der Waals surface area contributed by atoms with Crippen molar-refractivity contribution < 1.29 is 9.90 Å². The summed E-state index contributed by atoms with van der Waals surface area (Å²) < 4.78 is 0. The van der Waals surface area contributed by atoms with Crippen LogP contribution in [-0.2, 0) is 4.79 Å². The third-order valence-electron chi connectivity index (χ3n) is 5.69. The maximum absolute atomic E-state index is 12.6. The lowest BCUT2D eigenvalue weighted by Crippen LogP contribution is -2.60. The van der Waals surface area contributed by atoms with E-state index in [1.807, 2.05) is 42.9 Å². The zero-order chi connectivity index (χ0) is 19.6. The number of piperidine rings is 2. The first-order chi connectivity index (χ1) is 12.8. The number of hydrogen-bond acceptors (Lipinski definition) is 7. The van der Waals surface area contributed by atoms with Gasteiger partial charge in [-0.3, -0.25) is 9.78 Å². The van der Waals surface area contributed by atoms with E-state index in [2.05, 4.69) is 9.88 Å². The highest BCUT2D eigenvalue weighted by atomic mass is 16.3. The van der Waals surface area contributed by atoms with Gasteiger partial charge in [-0.1, -0.05) is 0 Å². The normalized spacial score (nSPS) is 25.9. The monoisotopic (exact) mass is 376 g/mol. The summed E-state index contributed by atoms with van der Waals surface area (Å²) in [5.74, 6) is 1.79. The van der Waals surface area contributed by atoms with Crippen LogP contribution in [0.3, 0.4) is 0 Å². The quantitative estimate of drug-likeness (QED) is 0.809. The Bertz CT molecular complexity index is 667. The number of likely N-dealkylation sites (tertiary alicyclic amines) is 1. The molecule has 0 bridgehead atoms. The van der Waals surface area contributed by atoms with Crippen LogP contribution in [0.25, 0.3) is 0 Å². The van der Waals surface area contributed by atoms with E-state index in [4.69, 9.17) is 4.98 Å². The van der Waals surface area contributed by atoms with Crippen molar-refractivity contribution >= 4 is 17.5 Å². The first kappa shape index (κ1) is 19.8. The Morgan fingerprint density at radius 2 is 2.04 bits per heavy atom. The molecule has 2 fully saturated rings. The molecule has 1 N–H and O–H groups in total. The summed E-state index contributed by atoms with van der Waals surface area (Å²) in [6, 6.07) is 0. The molecule has 0 saturated carbocycles. The van der Waals surface area contributed by atoms with Gasteiger partial charge in [-0.15, -0.1) is 0 Å². The van der Waals surface area contributed by atoms with Crippen LogP contribution in [0.15, 0.2) is 12.4 Å². The molecule has 0 aromatic carbocycles. The van der Waals surface area contributed by atoms with Crippen molar-refractivity contribution in [3.8, 4) is 0 Å². The number of aliphatic hydroxyl groups excluding tert-OH is 1. The van der Waals surface area contributed by atoms with Crippen LogP contribution in [0.5, 0.6) is 0 Å². The number of likely N-dealkylation sites (N-methyl/N-ethyl adjacent to an activating group) is 1. The molecule has 0 unspecified atom stereocenters. The zero-order valence-corrected chi connectivity index (χ0v) is 16.9. The van der Waals surface area contributed by atoms with Crippen molar-refractivity contribution in [2.45, 2.75) is 25.4 Å². The number of aliphatic hydroxyl groups is 1. The Kier molecular flexibility index (Phi) is 5.86. The van der Waals surface area contributed by atoms with Gasteiger partial charge in [-0.05, 0) is 33.4 Å². The Balaban J connectivity index is 1.78. The van der Waals surface area contributed by atoms with Gasteiger partial charge in [0.15, 0.2) is 0 Å². The van der Waals surface area contributed by atoms with Gasteiger partial charge in [0.1, 0.15) is 11.6 Å². The number of carbonyl (C=O) groups excluding carboxylic acids is 1. The molecule has 0 aliphatic carbocycles. The van der Waals surface area contributed by atoms with Gasteiger partial charge in [0.2, 0.25) is 5.91 Å². The number of anilines is 2. The molecule has 1 aromatic heterocycles. The van der Waals surface area contributed by atoms with Crippen molar-refractivity contribution in [1.82, 2.24) is 19.8 Å². The smallest absolute Gasteiger partial charge is 0.236 e. The highest BCUT2D eigenvalue weighted by Gasteiger charge is 2.46. The van der Waals surface area contributed by atoms with Gasteiger partial charge in [-0.25, -0.2) is 4.98 Å². The third kappa shape index (κ3) is 4.32. The number of nitrogens with zero attached hydrogens (tertiary/aromatic N) is 6. The number of hydrogen-bond donors (Lipinski definition) is 1. The van der Waals surface area contributed by atoms with Crippen LogP contribution in [-0.4, -0.2) is 97.8 Å².